The third kappa shape index (κ3) is 4.71. The summed E-state index contributed by atoms with van der Waals surface area (Å²) >= 11 is 0. The van der Waals surface area contributed by atoms with Crippen molar-refractivity contribution in [3.05, 3.63) is 30.1 Å². The Morgan fingerprint density at radius 2 is 2.22 bits per heavy atom. The van der Waals surface area contributed by atoms with E-state index in [9.17, 15) is 15.0 Å². The van der Waals surface area contributed by atoms with Crippen molar-refractivity contribution in [2.75, 3.05) is 26.7 Å². The maximum atomic E-state index is 11.1. The van der Waals surface area contributed by atoms with E-state index in [2.05, 4.69) is 10.3 Å². The zero-order chi connectivity index (χ0) is 16.8. The average molecular weight is 323 g/mol. The van der Waals surface area contributed by atoms with Gasteiger partial charge in [-0.2, -0.15) is 0 Å². The van der Waals surface area contributed by atoms with Gasteiger partial charge in [0.1, 0.15) is 12.2 Å². The Balaban J connectivity index is 1.98. The summed E-state index contributed by atoms with van der Waals surface area (Å²) in [4.78, 5) is 17.4. The summed E-state index contributed by atoms with van der Waals surface area (Å²) in [6, 6.07) is 5.48. The standard InChI is InChI=1S/C16H25N3O4/c1-11(21)18-9-13-15(16(22)14(10-20)23-13)19(2)8-6-12-5-3-4-7-17-12/h3-5,7,13-16,20,22H,6,8-10H2,1-2H3,(H,18,21)/t13-,14-,15-,16+/m0/s1. The van der Waals surface area contributed by atoms with E-state index in [0.717, 1.165) is 12.1 Å². The van der Waals surface area contributed by atoms with Crippen LogP contribution in [0.2, 0.25) is 0 Å². The van der Waals surface area contributed by atoms with Crippen LogP contribution in [0.5, 0.6) is 0 Å². The van der Waals surface area contributed by atoms with Crippen LogP contribution in [0.4, 0.5) is 0 Å². The van der Waals surface area contributed by atoms with Crippen LogP contribution < -0.4 is 5.32 Å². The lowest BCUT2D eigenvalue weighted by Gasteiger charge is -2.30. The van der Waals surface area contributed by atoms with Crippen LogP contribution in [0.15, 0.2) is 24.4 Å². The number of pyridine rings is 1. The van der Waals surface area contributed by atoms with Crippen molar-refractivity contribution in [1.29, 1.82) is 0 Å². The molecule has 128 valence electrons. The molecule has 1 aliphatic heterocycles. The van der Waals surface area contributed by atoms with Crippen molar-refractivity contribution >= 4 is 5.91 Å². The number of nitrogens with zero attached hydrogens (tertiary/aromatic N) is 2. The fraction of sp³-hybridized carbons (Fsp3) is 0.625. The lowest BCUT2D eigenvalue weighted by molar-refractivity contribution is -0.119. The number of aliphatic hydroxyl groups excluding tert-OH is 2. The number of ether oxygens (including phenoxy) is 1. The molecule has 0 aromatic carbocycles. The maximum absolute atomic E-state index is 11.1. The van der Waals surface area contributed by atoms with Gasteiger partial charge >= 0.3 is 0 Å². The van der Waals surface area contributed by atoms with E-state index in [0.29, 0.717) is 13.1 Å². The Bertz CT molecular complexity index is 499. The Morgan fingerprint density at radius 1 is 1.43 bits per heavy atom. The van der Waals surface area contributed by atoms with Crippen molar-refractivity contribution in [1.82, 2.24) is 15.2 Å². The van der Waals surface area contributed by atoms with Crippen LogP contribution in [0.25, 0.3) is 0 Å². The molecule has 0 radical (unpaired) electrons. The van der Waals surface area contributed by atoms with Gasteiger partial charge in [0.05, 0.1) is 18.8 Å². The molecule has 0 spiro atoms. The van der Waals surface area contributed by atoms with Crippen molar-refractivity contribution in [3.63, 3.8) is 0 Å². The van der Waals surface area contributed by atoms with Gasteiger partial charge in [-0.15, -0.1) is 0 Å². The number of carbonyl (C=O) groups is 1. The number of nitrogens with one attached hydrogen (secondary N) is 1. The molecular formula is C16H25N3O4. The molecule has 0 unspecified atom stereocenters. The second-order valence-corrected chi connectivity index (χ2v) is 5.87. The Labute approximate surface area is 136 Å². The first-order valence-electron chi connectivity index (χ1n) is 7.82. The highest BCUT2D eigenvalue weighted by atomic mass is 16.5. The second kappa shape index (κ2) is 8.35. The smallest absolute Gasteiger partial charge is 0.216 e. The summed E-state index contributed by atoms with van der Waals surface area (Å²) in [5, 5.41) is 22.5. The second-order valence-electron chi connectivity index (χ2n) is 5.87. The first-order valence-corrected chi connectivity index (χ1v) is 7.82. The van der Waals surface area contributed by atoms with E-state index in [1.165, 1.54) is 6.92 Å². The third-order valence-corrected chi connectivity index (χ3v) is 4.15. The van der Waals surface area contributed by atoms with Crippen molar-refractivity contribution < 1.29 is 19.7 Å². The minimum absolute atomic E-state index is 0.148. The van der Waals surface area contributed by atoms with Gasteiger partial charge in [0.2, 0.25) is 5.91 Å². The van der Waals surface area contributed by atoms with E-state index in [1.807, 2.05) is 30.1 Å². The topological polar surface area (TPSA) is 94.9 Å². The Kier molecular flexibility index (Phi) is 6.47. The fourth-order valence-corrected chi connectivity index (χ4v) is 2.92. The molecule has 2 heterocycles. The fourth-order valence-electron chi connectivity index (χ4n) is 2.92. The largest absolute Gasteiger partial charge is 0.394 e. The van der Waals surface area contributed by atoms with E-state index in [4.69, 9.17) is 4.74 Å². The van der Waals surface area contributed by atoms with Crippen LogP contribution in [0.3, 0.4) is 0 Å². The molecule has 23 heavy (non-hydrogen) atoms. The molecule has 7 nitrogen and oxygen atoms in total. The molecule has 1 aromatic rings. The highest BCUT2D eigenvalue weighted by Gasteiger charge is 2.45. The summed E-state index contributed by atoms with van der Waals surface area (Å²) < 4.78 is 5.69. The molecule has 1 saturated heterocycles. The van der Waals surface area contributed by atoms with E-state index in [-0.39, 0.29) is 24.7 Å². The maximum Gasteiger partial charge on any atom is 0.216 e. The molecule has 3 N–H and O–H groups in total. The Morgan fingerprint density at radius 3 is 2.83 bits per heavy atom. The van der Waals surface area contributed by atoms with Crippen LogP contribution in [0.1, 0.15) is 12.6 Å². The monoisotopic (exact) mass is 323 g/mol. The molecule has 7 heteroatoms. The first kappa shape index (κ1) is 17.8. The molecule has 1 fully saturated rings. The highest BCUT2D eigenvalue weighted by Crippen LogP contribution is 2.25. The molecule has 1 amide bonds. The number of rotatable bonds is 7. The summed E-state index contributed by atoms with van der Waals surface area (Å²) in [6.07, 6.45) is 0.713. The van der Waals surface area contributed by atoms with Crippen molar-refractivity contribution in [3.8, 4) is 0 Å². The molecule has 1 aliphatic rings. The summed E-state index contributed by atoms with van der Waals surface area (Å²) in [5.74, 6) is -0.148. The molecule has 0 aliphatic carbocycles. The molecule has 2 rings (SSSR count). The van der Waals surface area contributed by atoms with Gasteiger partial charge in [-0.05, 0) is 19.2 Å². The number of hydrogen-bond donors (Lipinski definition) is 3. The van der Waals surface area contributed by atoms with Gasteiger partial charge in [0.25, 0.3) is 0 Å². The molecule has 1 aromatic heterocycles. The third-order valence-electron chi connectivity index (χ3n) is 4.15. The minimum atomic E-state index is -0.799. The van der Waals surface area contributed by atoms with Gasteiger partial charge in [0.15, 0.2) is 0 Å². The van der Waals surface area contributed by atoms with Crippen LogP contribution in [-0.4, -0.2) is 77.1 Å². The summed E-state index contributed by atoms with van der Waals surface area (Å²) in [6.45, 7) is 2.19. The number of likely N-dealkylation sites (N-methyl/N-ethyl adjacent to an activating group) is 1. The number of hydrogen-bond acceptors (Lipinski definition) is 6. The van der Waals surface area contributed by atoms with Gasteiger partial charge in [0, 0.05) is 38.3 Å². The van der Waals surface area contributed by atoms with Crippen LogP contribution in [-0.2, 0) is 16.0 Å². The average Bonchev–Trinajstić information content (AvgIpc) is 2.87. The zero-order valence-electron chi connectivity index (χ0n) is 13.6. The van der Waals surface area contributed by atoms with Gasteiger partial charge in [-0.1, -0.05) is 6.07 Å². The number of aromatic nitrogens is 1. The zero-order valence-corrected chi connectivity index (χ0v) is 13.6. The summed E-state index contributed by atoms with van der Waals surface area (Å²) in [5.41, 5.74) is 0.977. The first-order chi connectivity index (χ1) is 11.0. The van der Waals surface area contributed by atoms with E-state index in [1.54, 1.807) is 6.20 Å². The number of carbonyl (C=O) groups excluding carboxylic acids is 1. The predicted molar refractivity (Wildman–Crippen MR) is 84.8 cm³/mol. The van der Waals surface area contributed by atoms with Gasteiger partial charge < -0.3 is 20.3 Å². The van der Waals surface area contributed by atoms with E-state index < -0.39 is 12.2 Å². The van der Waals surface area contributed by atoms with Gasteiger partial charge in [-0.3, -0.25) is 14.7 Å². The van der Waals surface area contributed by atoms with Gasteiger partial charge in [-0.25, -0.2) is 0 Å². The number of amides is 1. The normalized spacial score (nSPS) is 27.3. The predicted octanol–water partition coefficient (Wildman–Crippen LogP) is -0.819. The lowest BCUT2D eigenvalue weighted by Crippen LogP contribution is -2.50. The van der Waals surface area contributed by atoms with Crippen molar-refractivity contribution in [2.24, 2.45) is 0 Å². The van der Waals surface area contributed by atoms with Crippen LogP contribution in [0, 0.1) is 0 Å². The molecular weight excluding hydrogens is 298 g/mol. The molecule has 0 saturated carbocycles. The Hall–Kier alpha value is -1.54. The van der Waals surface area contributed by atoms with E-state index >= 15 is 0 Å². The number of aliphatic hydroxyl groups is 2. The SMILES string of the molecule is CC(=O)NC[C@@H]1O[C@@H](CO)[C@@H](O)[C@H]1N(C)CCc1ccccn1. The lowest BCUT2D eigenvalue weighted by atomic mass is 10.0. The highest BCUT2D eigenvalue weighted by molar-refractivity contribution is 5.72. The molecule has 0 bridgehead atoms. The molecule has 4 atom stereocenters. The van der Waals surface area contributed by atoms with Crippen molar-refractivity contribution in [2.45, 2.75) is 37.7 Å². The van der Waals surface area contributed by atoms with Crippen LogP contribution >= 0.6 is 0 Å². The quantitative estimate of drug-likeness (QED) is 0.607. The summed E-state index contributed by atoms with van der Waals surface area (Å²) in [7, 11) is 1.90. The minimum Gasteiger partial charge on any atom is -0.394 e.